The number of esters is 4. The molecule has 0 spiro atoms. The molecule has 1 fully saturated rings. The van der Waals surface area contributed by atoms with Crippen molar-refractivity contribution < 1.29 is 42.9 Å². The van der Waals surface area contributed by atoms with Crippen molar-refractivity contribution in [2.24, 2.45) is 0 Å². The Kier molecular flexibility index (Phi) is 9.54. The molecule has 0 aliphatic carbocycles. The molecule has 5 atom stereocenters. The molecular weight excluding hydrogens is 454 g/mol. The van der Waals surface area contributed by atoms with Crippen LogP contribution in [-0.4, -0.2) is 74.4 Å². The second-order valence-corrected chi connectivity index (χ2v) is 8.75. The summed E-state index contributed by atoms with van der Waals surface area (Å²) >= 11 is 1.23. The van der Waals surface area contributed by atoms with Gasteiger partial charge in [-0.25, -0.2) is 0 Å². The normalized spacial score (nSPS) is 24.4. The van der Waals surface area contributed by atoms with Crippen LogP contribution in [0.25, 0.3) is 0 Å². The first-order valence-corrected chi connectivity index (χ1v) is 11.1. The van der Waals surface area contributed by atoms with E-state index in [4.69, 9.17) is 23.7 Å². The summed E-state index contributed by atoms with van der Waals surface area (Å²) in [5.41, 5.74) is 0.136. The van der Waals surface area contributed by atoms with Crippen LogP contribution in [-0.2, 0) is 42.9 Å². The van der Waals surface area contributed by atoms with Gasteiger partial charge in [0.25, 0.3) is 0 Å². The van der Waals surface area contributed by atoms with Crippen molar-refractivity contribution >= 4 is 41.3 Å². The van der Waals surface area contributed by atoms with Gasteiger partial charge in [-0.1, -0.05) is 11.8 Å². The van der Waals surface area contributed by atoms with Crippen molar-refractivity contribution in [3.8, 4) is 0 Å². The first kappa shape index (κ1) is 26.5. The van der Waals surface area contributed by atoms with Crippen LogP contribution in [0.3, 0.4) is 0 Å². The smallest absolute Gasteiger partial charge is 0.303 e. The van der Waals surface area contributed by atoms with Crippen LogP contribution >= 0.6 is 11.8 Å². The number of nitrogens with zero attached hydrogens (tertiary/aromatic N) is 1. The fraction of sp³-hybridized carbons (Fsp3) is 0.545. The Morgan fingerprint density at radius 2 is 1.33 bits per heavy atom. The van der Waals surface area contributed by atoms with Gasteiger partial charge in [0.1, 0.15) is 18.1 Å². The van der Waals surface area contributed by atoms with E-state index in [2.05, 4.69) is 0 Å². The topological polar surface area (TPSA) is 118 Å². The summed E-state index contributed by atoms with van der Waals surface area (Å²) < 4.78 is 27.4. The maximum atomic E-state index is 11.9. The Labute approximate surface area is 196 Å². The molecule has 33 heavy (non-hydrogen) atoms. The summed E-state index contributed by atoms with van der Waals surface area (Å²) in [6.07, 6.45) is -4.40. The lowest BCUT2D eigenvalue weighted by atomic mass is 9.99. The highest BCUT2D eigenvalue weighted by molar-refractivity contribution is 7.99. The molecule has 0 aromatic heterocycles. The maximum Gasteiger partial charge on any atom is 0.303 e. The minimum Gasteiger partial charge on any atom is -0.463 e. The Hall–Kier alpha value is -2.79. The number of carbonyl (C=O) groups is 4. The van der Waals surface area contributed by atoms with Crippen LogP contribution < -0.4 is 4.90 Å². The standard InChI is InChI=1S/C22H29NO9S/c1-12(24)28-11-18-19(29-13(2)25)20(30-14(3)26)21(31-15(4)27)22(32-18)33-17-9-7-16(8-10-17)23(5)6/h7-10,18-22H,11H2,1-6H3. The van der Waals surface area contributed by atoms with Gasteiger partial charge in [-0.05, 0) is 24.3 Å². The number of benzene rings is 1. The van der Waals surface area contributed by atoms with Crippen molar-refractivity contribution in [1.82, 2.24) is 0 Å². The lowest BCUT2D eigenvalue weighted by Gasteiger charge is -2.44. The fourth-order valence-electron chi connectivity index (χ4n) is 3.24. The predicted molar refractivity (Wildman–Crippen MR) is 119 cm³/mol. The summed E-state index contributed by atoms with van der Waals surface area (Å²) in [6.45, 7) is 4.56. The second kappa shape index (κ2) is 11.9. The molecule has 11 heteroatoms. The monoisotopic (exact) mass is 483 g/mol. The lowest BCUT2D eigenvalue weighted by Crippen LogP contribution is -2.61. The number of hydrogen-bond acceptors (Lipinski definition) is 11. The molecule has 0 radical (unpaired) electrons. The fourth-order valence-corrected chi connectivity index (χ4v) is 4.34. The number of thioether (sulfide) groups is 1. The van der Waals surface area contributed by atoms with Crippen molar-refractivity contribution in [2.45, 2.75) is 62.4 Å². The van der Waals surface area contributed by atoms with E-state index >= 15 is 0 Å². The van der Waals surface area contributed by atoms with Crippen molar-refractivity contribution in [1.29, 1.82) is 0 Å². The zero-order chi connectivity index (χ0) is 24.7. The highest BCUT2D eigenvalue weighted by atomic mass is 32.2. The molecule has 0 N–H and O–H groups in total. The molecule has 0 amide bonds. The van der Waals surface area contributed by atoms with Gasteiger partial charge in [-0.15, -0.1) is 0 Å². The van der Waals surface area contributed by atoms with Gasteiger partial charge >= 0.3 is 23.9 Å². The first-order chi connectivity index (χ1) is 15.5. The molecule has 2 rings (SSSR count). The third-order valence-electron chi connectivity index (χ3n) is 4.55. The lowest BCUT2D eigenvalue weighted by molar-refractivity contribution is -0.237. The Morgan fingerprint density at radius 1 is 0.818 bits per heavy atom. The van der Waals surface area contributed by atoms with Gasteiger partial charge in [-0.2, -0.15) is 0 Å². The molecule has 1 aliphatic rings. The molecule has 5 unspecified atom stereocenters. The van der Waals surface area contributed by atoms with E-state index in [-0.39, 0.29) is 6.61 Å². The molecule has 182 valence electrons. The third kappa shape index (κ3) is 7.93. The second-order valence-electron chi connectivity index (χ2n) is 7.57. The van der Waals surface area contributed by atoms with E-state index in [1.807, 2.05) is 43.3 Å². The number of ether oxygens (including phenoxy) is 5. The molecule has 1 heterocycles. The molecule has 0 saturated carbocycles. The van der Waals surface area contributed by atoms with Gasteiger partial charge < -0.3 is 28.6 Å². The van der Waals surface area contributed by atoms with Crippen molar-refractivity contribution in [2.75, 3.05) is 25.6 Å². The zero-order valence-corrected chi connectivity index (χ0v) is 20.2. The zero-order valence-electron chi connectivity index (χ0n) is 19.4. The quantitative estimate of drug-likeness (QED) is 0.399. The van der Waals surface area contributed by atoms with Gasteiger partial charge in [0.2, 0.25) is 0 Å². The summed E-state index contributed by atoms with van der Waals surface area (Å²) in [5, 5.41) is 0. The van der Waals surface area contributed by atoms with E-state index in [1.165, 1.54) is 39.5 Å². The number of anilines is 1. The molecule has 0 bridgehead atoms. The molecule has 1 aromatic rings. The summed E-state index contributed by atoms with van der Waals surface area (Å²) in [6, 6.07) is 7.56. The molecular formula is C22H29NO9S. The third-order valence-corrected chi connectivity index (χ3v) is 5.71. The summed E-state index contributed by atoms with van der Waals surface area (Å²) in [7, 11) is 3.84. The van der Waals surface area contributed by atoms with Gasteiger partial charge in [0.05, 0.1) is 0 Å². The van der Waals surface area contributed by atoms with Crippen LogP contribution in [0.4, 0.5) is 5.69 Å². The number of hydrogen-bond donors (Lipinski definition) is 0. The van der Waals surface area contributed by atoms with Crippen LogP contribution in [0.1, 0.15) is 27.7 Å². The SMILES string of the molecule is CC(=O)OCC1OC(Sc2ccc(N(C)C)cc2)C(OC(C)=O)C(OC(C)=O)C1OC(C)=O. The van der Waals surface area contributed by atoms with Crippen molar-refractivity contribution in [3.63, 3.8) is 0 Å². The average molecular weight is 484 g/mol. The van der Waals surface area contributed by atoms with Crippen LogP contribution in [0.15, 0.2) is 29.2 Å². The summed E-state index contributed by atoms with van der Waals surface area (Å²) in [5.74, 6) is -2.52. The van der Waals surface area contributed by atoms with Gasteiger partial charge in [0.15, 0.2) is 18.3 Å². The molecule has 1 aliphatic heterocycles. The Bertz CT molecular complexity index is 858. The van der Waals surface area contributed by atoms with E-state index in [9.17, 15) is 19.2 Å². The molecule has 1 aromatic carbocycles. The average Bonchev–Trinajstić information content (AvgIpc) is 2.70. The van der Waals surface area contributed by atoms with E-state index < -0.39 is 53.7 Å². The first-order valence-electron chi connectivity index (χ1n) is 10.2. The van der Waals surface area contributed by atoms with E-state index in [1.54, 1.807) is 0 Å². The summed E-state index contributed by atoms with van der Waals surface area (Å²) in [4.78, 5) is 49.7. The minimum atomic E-state index is -1.18. The predicted octanol–water partition coefficient (Wildman–Crippen LogP) is 1.93. The van der Waals surface area contributed by atoms with Crippen molar-refractivity contribution in [3.05, 3.63) is 24.3 Å². The van der Waals surface area contributed by atoms with E-state index in [0.717, 1.165) is 10.6 Å². The van der Waals surface area contributed by atoms with Crippen LogP contribution in [0.2, 0.25) is 0 Å². The number of rotatable bonds is 8. The van der Waals surface area contributed by atoms with Crippen LogP contribution in [0.5, 0.6) is 0 Å². The minimum absolute atomic E-state index is 0.255. The maximum absolute atomic E-state index is 11.9. The Morgan fingerprint density at radius 3 is 1.82 bits per heavy atom. The largest absolute Gasteiger partial charge is 0.463 e. The highest BCUT2D eigenvalue weighted by Gasteiger charge is 2.52. The van der Waals surface area contributed by atoms with Gasteiger partial charge in [0, 0.05) is 52.4 Å². The number of carbonyl (C=O) groups excluding carboxylic acids is 4. The highest BCUT2D eigenvalue weighted by Crippen LogP contribution is 2.38. The Balaban J connectivity index is 2.42. The van der Waals surface area contributed by atoms with Crippen LogP contribution in [0, 0.1) is 0 Å². The van der Waals surface area contributed by atoms with E-state index in [0.29, 0.717) is 0 Å². The molecule has 1 saturated heterocycles. The molecule has 10 nitrogen and oxygen atoms in total. The van der Waals surface area contributed by atoms with Gasteiger partial charge in [-0.3, -0.25) is 19.2 Å².